The average molecular weight is 162 g/mol. The van der Waals surface area contributed by atoms with Crippen molar-refractivity contribution in [3.8, 4) is 0 Å². The van der Waals surface area contributed by atoms with Gasteiger partial charge in [-0.15, -0.1) is 0 Å². The summed E-state index contributed by atoms with van der Waals surface area (Å²) in [5.41, 5.74) is 0. The van der Waals surface area contributed by atoms with Crippen molar-refractivity contribution in [3.05, 3.63) is 0 Å². The van der Waals surface area contributed by atoms with Crippen molar-refractivity contribution in [1.82, 2.24) is 0 Å². The van der Waals surface area contributed by atoms with Crippen LogP contribution in [0.5, 0.6) is 0 Å². The van der Waals surface area contributed by atoms with Crippen LogP contribution in [0.4, 0.5) is 0 Å². The van der Waals surface area contributed by atoms with E-state index in [1.807, 2.05) is 0 Å². The molecule has 0 radical (unpaired) electrons. The zero-order chi connectivity index (χ0) is 9.02. The van der Waals surface area contributed by atoms with Crippen LogP contribution in [0, 0.1) is 0 Å². The van der Waals surface area contributed by atoms with Gasteiger partial charge in [0.05, 0.1) is 6.10 Å². The maximum Gasteiger partial charge on any atom is 0.226 e. The minimum atomic E-state index is -1.83. The van der Waals surface area contributed by atoms with Crippen LogP contribution in [0.3, 0.4) is 0 Å². The molecule has 0 bridgehead atoms. The van der Waals surface area contributed by atoms with E-state index in [2.05, 4.69) is 0 Å². The first-order valence-electron chi connectivity index (χ1n) is 3.04. The Bertz CT molecular complexity index is 153. The number of ketones is 1. The van der Waals surface area contributed by atoms with E-state index >= 15 is 0 Å². The van der Waals surface area contributed by atoms with Crippen LogP contribution in [-0.2, 0) is 9.59 Å². The molecular weight excluding hydrogens is 152 g/mol. The molecule has 0 aliphatic rings. The maximum atomic E-state index is 10.4. The van der Waals surface area contributed by atoms with Crippen LogP contribution in [0.15, 0.2) is 0 Å². The molecule has 0 heterocycles. The predicted octanol–water partition coefficient (Wildman–Crippen LogP) is -2.14. The van der Waals surface area contributed by atoms with Gasteiger partial charge >= 0.3 is 0 Å². The number of carbonyl (C=O) groups is 2. The summed E-state index contributed by atoms with van der Waals surface area (Å²) in [6.45, 7) is 1.20. The van der Waals surface area contributed by atoms with E-state index in [1.54, 1.807) is 0 Å². The Labute approximate surface area is 63.3 Å². The summed E-state index contributed by atoms with van der Waals surface area (Å²) in [7, 11) is 0. The Morgan fingerprint density at radius 1 is 1.36 bits per heavy atom. The van der Waals surface area contributed by atoms with Crippen molar-refractivity contribution in [2.45, 2.75) is 25.2 Å². The fourth-order valence-electron chi connectivity index (χ4n) is 0.502. The third-order valence-corrected chi connectivity index (χ3v) is 1.23. The zero-order valence-electron chi connectivity index (χ0n) is 5.97. The number of aliphatic hydroxyl groups is 3. The SMILES string of the molecule is CC(O)C(O)C(O)C(=O)C=O. The topological polar surface area (TPSA) is 94.8 Å². The van der Waals surface area contributed by atoms with Gasteiger partial charge in [0, 0.05) is 0 Å². The first kappa shape index (κ1) is 10.2. The van der Waals surface area contributed by atoms with Crippen LogP contribution in [0.25, 0.3) is 0 Å². The van der Waals surface area contributed by atoms with Crippen molar-refractivity contribution in [2.75, 3.05) is 0 Å². The molecule has 0 spiro atoms. The van der Waals surface area contributed by atoms with Crippen LogP contribution in [0.1, 0.15) is 6.92 Å². The minimum absolute atomic E-state index is 0.101. The Kier molecular flexibility index (Phi) is 3.88. The number of Topliss-reactive ketones (excluding diaryl/α,β-unsaturated/α-hetero) is 1. The quantitative estimate of drug-likeness (QED) is 0.324. The van der Waals surface area contributed by atoms with E-state index in [-0.39, 0.29) is 6.29 Å². The van der Waals surface area contributed by atoms with Crippen LogP contribution in [-0.4, -0.2) is 45.7 Å². The van der Waals surface area contributed by atoms with Crippen LogP contribution >= 0.6 is 0 Å². The summed E-state index contributed by atoms with van der Waals surface area (Å²) in [4.78, 5) is 20.1. The molecule has 0 saturated heterocycles. The summed E-state index contributed by atoms with van der Waals surface area (Å²) in [6, 6.07) is 0. The highest BCUT2D eigenvalue weighted by Crippen LogP contribution is 1.99. The lowest BCUT2D eigenvalue weighted by atomic mass is 10.1. The lowest BCUT2D eigenvalue weighted by Gasteiger charge is -2.16. The van der Waals surface area contributed by atoms with Gasteiger partial charge in [0.25, 0.3) is 0 Å². The molecule has 0 rings (SSSR count). The lowest BCUT2D eigenvalue weighted by molar-refractivity contribution is -0.143. The van der Waals surface area contributed by atoms with Crippen molar-refractivity contribution in [2.24, 2.45) is 0 Å². The summed E-state index contributed by atoms with van der Waals surface area (Å²) < 4.78 is 0. The first-order chi connectivity index (χ1) is 5.00. The van der Waals surface area contributed by atoms with Gasteiger partial charge in [0.1, 0.15) is 12.2 Å². The maximum absolute atomic E-state index is 10.4. The number of hydrogen-bond acceptors (Lipinski definition) is 5. The number of carbonyl (C=O) groups excluding carboxylic acids is 2. The van der Waals surface area contributed by atoms with E-state index in [9.17, 15) is 9.59 Å². The van der Waals surface area contributed by atoms with E-state index in [1.165, 1.54) is 6.92 Å². The fourth-order valence-corrected chi connectivity index (χ4v) is 0.502. The molecule has 5 heteroatoms. The second-order valence-electron chi connectivity index (χ2n) is 2.20. The molecule has 0 fully saturated rings. The van der Waals surface area contributed by atoms with E-state index in [4.69, 9.17) is 15.3 Å². The van der Waals surface area contributed by atoms with Gasteiger partial charge < -0.3 is 15.3 Å². The molecule has 0 aromatic heterocycles. The number of hydrogen-bond donors (Lipinski definition) is 3. The lowest BCUT2D eigenvalue weighted by Crippen LogP contribution is -2.41. The van der Waals surface area contributed by atoms with Crippen molar-refractivity contribution in [3.63, 3.8) is 0 Å². The van der Waals surface area contributed by atoms with Gasteiger partial charge in [-0.25, -0.2) is 0 Å². The van der Waals surface area contributed by atoms with Gasteiger partial charge in [-0.3, -0.25) is 9.59 Å². The van der Waals surface area contributed by atoms with E-state index in [0.717, 1.165) is 0 Å². The number of rotatable bonds is 4. The minimum Gasteiger partial charge on any atom is -0.391 e. The van der Waals surface area contributed by atoms with Crippen molar-refractivity contribution in [1.29, 1.82) is 0 Å². The molecule has 0 aromatic rings. The summed E-state index contributed by atoms with van der Waals surface area (Å²) in [5, 5.41) is 26.2. The highest BCUT2D eigenvalue weighted by molar-refractivity contribution is 6.27. The Balaban J connectivity index is 4.11. The average Bonchev–Trinajstić information content (AvgIpc) is 2.00. The Hall–Kier alpha value is -0.780. The molecule has 0 saturated carbocycles. The van der Waals surface area contributed by atoms with Gasteiger partial charge in [-0.05, 0) is 6.92 Å². The molecule has 3 N–H and O–H groups in total. The van der Waals surface area contributed by atoms with Gasteiger partial charge in [0.15, 0.2) is 6.29 Å². The third-order valence-electron chi connectivity index (χ3n) is 1.23. The molecule has 0 aromatic carbocycles. The molecule has 0 amide bonds. The van der Waals surface area contributed by atoms with Gasteiger partial charge in [0.2, 0.25) is 5.78 Å². The first-order valence-corrected chi connectivity index (χ1v) is 3.04. The fraction of sp³-hybridized carbons (Fsp3) is 0.667. The summed E-state index contributed by atoms with van der Waals surface area (Å²) in [5.74, 6) is -1.14. The largest absolute Gasteiger partial charge is 0.391 e. The highest BCUT2D eigenvalue weighted by Gasteiger charge is 2.26. The van der Waals surface area contributed by atoms with Crippen molar-refractivity contribution >= 4 is 12.1 Å². The number of aliphatic hydroxyl groups excluding tert-OH is 3. The number of aldehydes is 1. The second-order valence-corrected chi connectivity index (χ2v) is 2.20. The third kappa shape index (κ3) is 2.75. The molecule has 0 aliphatic carbocycles. The molecular formula is C6H10O5. The molecule has 3 unspecified atom stereocenters. The van der Waals surface area contributed by atoms with Crippen molar-refractivity contribution < 1.29 is 24.9 Å². The Morgan fingerprint density at radius 3 is 2.09 bits per heavy atom. The second kappa shape index (κ2) is 4.17. The molecule has 3 atom stereocenters. The smallest absolute Gasteiger partial charge is 0.226 e. The zero-order valence-corrected chi connectivity index (χ0v) is 5.97. The van der Waals surface area contributed by atoms with E-state index in [0.29, 0.717) is 0 Å². The monoisotopic (exact) mass is 162 g/mol. The molecule has 5 nitrogen and oxygen atoms in total. The van der Waals surface area contributed by atoms with Crippen LogP contribution < -0.4 is 0 Å². The standard InChI is InChI=1S/C6H10O5/c1-3(8)5(10)6(11)4(9)2-7/h2-3,5-6,8,10-11H,1H3. The van der Waals surface area contributed by atoms with Crippen LogP contribution in [0.2, 0.25) is 0 Å². The normalized spacial score (nSPS) is 18.5. The predicted molar refractivity (Wildman–Crippen MR) is 34.8 cm³/mol. The molecule has 64 valence electrons. The van der Waals surface area contributed by atoms with E-state index < -0.39 is 24.1 Å². The van der Waals surface area contributed by atoms with Gasteiger partial charge in [-0.1, -0.05) is 0 Å². The molecule has 11 heavy (non-hydrogen) atoms. The molecule has 0 aliphatic heterocycles. The summed E-state index contributed by atoms with van der Waals surface area (Å²) >= 11 is 0. The summed E-state index contributed by atoms with van der Waals surface area (Å²) in [6.07, 6.45) is -4.77. The van der Waals surface area contributed by atoms with Gasteiger partial charge in [-0.2, -0.15) is 0 Å². The Morgan fingerprint density at radius 2 is 1.82 bits per heavy atom. The highest BCUT2D eigenvalue weighted by atomic mass is 16.4.